The number of halogens is 2. The minimum atomic E-state index is -1.65. The highest BCUT2D eigenvalue weighted by Crippen LogP contribution is 2.28. The molecule has 0 saturated carbocycles. The number of carboxylic acids is 3. The van der Waals surface area contributed by atoms with E-state index in [9.17, 15) is 19.5 Å². The van der Waals surface area contributed by atoms with Crippen LogP contribution in [-0.2, 0) is 16.1 Å². The highest BCUT2D eigenvalue weighted by Gasteiger charge is 2.49. The summed E-state index contributed by atoms with van der Waals surface area (Å²) in [6.07, 6.45) is -0.229. The van der Waals surface area contributed by atoms with Gasteiger partial charge in [0.15, 0.2) is 0 Å². The largest absolute Gasteiger partial charge is 0.480 e. The average Bonchev–Trinajstić information content (AvgIpc) is 2.78. The highest BCUT2D eigenvalue weighted by molar-refractivity contribution is 5.89. The monoisotopic (exact) mass is 380 g/mol. The molecule has 10 heteroatoms. The van der Waals surface area contributed by atoms with Crippen molar-refractivity contribution in [3.05, 3.63) is 35.4 Å². The maximum atomic E-state index is 11.3. The van der Waals surface area contributed by atoms with Crippen LogP contribution in [0.2, 0.25) is 0 Å². The molecule has 8 nitrogen and oxygen atoms in total. The van der Waals surface area contributed by atoms with Crippen molar-refractivity contribution in [2.75, 3.05) is 6.54 Å². The third kappa shape index (κ3) is 4.35. The average molecular weight is 381 g/mol. The lowest BCUT2D eigenvalue weighted by molar-refractivity contribution is -0.142. The number of benzene rings is 1. The summed E-state index contributed by atoms with van der Waals surface area (Å²) in [6, 6.07) is 5.12. The number of carboxylic acid groups (broad SMARTS) is 3. The second-order valence-corrected chi connectivity index (χ2v) is 5.39. The molecule has 0 aromatic heterocycles. The van der Waals surface area contributed by atoms with Crippen molar-refractivity contribution in [3.8, 4) is 0 Å². The van der Waals surface area contributed by atoms with Crippen LogP contribution in [0.15, 0.2) is 24.3 Å². The second-order valence-electron chi connectivity index (χ2n) is 5.39. The molecule has 1 aromatic rings. The molecule has 0 radical (unpaired) electrons. The molecule has 134 valence electrons. The topological polar surface area (TPSA) is 141 Å². The number of hydrogen-bond acceptors (Lipinski definition) is 5. The molecule has 0 spiro atoms. The molecule has 0 unspecified atom stereocenters. The molecule has 1 fully saturated rings. The van der Waals surface area contributed by atoms with Crippen molar-refractivity contribution >= 4 is 42.7 Å². The van der Waals surface area contributed by atoms with Crippen LogP contribution in [0.3, 0.4) is 0 Å². The van der Waals surface area contributed by atoms with E-state index >= 15 is 0 Å². The molecule has 1 aliphatic heterocycles. The standard InChI is InChI=1S/C14H16N2O6.2ClH/c15-14(13(21)22)5-10(12(19)20)16(7-14)6-8-3-1-2-4-9(8)11(17)18;;/h1-4,10H,5-7,15H2,(H,17,18)(H,19,20)(H,21,22);2*1H/t10-,14-;;/m1../s1. The van der Waals surface area contributed by atoms with E-state index < -0.39 is 29.5 Å². The number of hydrogen-bond donors (Lipinski definition) is 4. The van der Waals surface area contributed by atoms with Gasteiger partial charge in [-0.15, -0.1) is 24.8 Å². The number of rotatable bonds is 5. The Morgan fingerprint density at radius 3 is 2.25 bits per heavy atom. The molecule has 1 aliphatic rings. The van der Waals surface area contributed by atoms with Gasteiger partial charge >= 0.3 is 17.9 Å². The number of aromatic carboxylic acids is 1. The van der Waals surface area contributed by atoms with Gasteiger partial charge < -0.3 is 21.1 Å². The quantitative estimate of drug-likeness (QED) is 0.583. The van der Waals surface area contributed by atoms with Crippen LogP contribution >= 0.6 is 24.8 Å². The zero-order chi connectivity index (χ0) is 16.5. The van der Waals surface area contributed by atoms with Gasteiger partial charge in [0.05, 0.1) is 5.56 Å². The first-order valence-electron chi connectivity index (χ1n) is 6.55. The minimum absolute atomic E-state index is 0. The van der Waals surface area contributed by atoms with E-state index in [4.69, 9.17) is 15.9 Å². The third-order valence-corrected chi connectivity index (χ3v) is 3.82. The summed E-state index contributed by atoms with van der Waals surface area (Å²) in [4.78, 5) is 35.1. The summed E-state index contributed by atoms with van der Waals surface area (Å²) < 4.78 is 0. The molecule has 2 atom stereocenters. The SMILES string of the molecule is Cl.Cl.N[C@]1(C(=O)O)C[C@H](C(=O)O)N(Cc2ccccc2C(=O)O)C1. The van der Waals surface area contributed by atoms with Crippen molar-refractivity contribution in [1.82, 2.24) is 4.90 Å². The van der Waals surface area contributed by atoms with Crippen LogP contribution in [0.1, 0.15) is 22.3 Å². The predicted molar refractivity (Wildman–Crippen MR) is 88.9 cm³/mol. The van der Waals surface area contributed by atoms with Crippen molar-refractivity contribution < 1.29 is 29.7 Å². The Kier molecular flexibility index (Phi) is 7.65. The van der Waals surface area contributed by atoms with Crippen LogP contribution in [-0.4, -0.2) is 56.3 Å². The molecule has 2 rings (SSSR count). The lowest BCUT2D eigenvalue weighted by Crippen LogP contribution is -2.50. The molecule has 1 aromatic carbocycles. The molecular weight excluding hydrogens is 363 g/mol. The zero-order valence-corrected chi connectivity index (χ0v) is 14.0. The molecule has 1 saturated heterocycles. The smallest absolute Gasteiger partial charge is 0.336 e. The Balaban J connectivity index is 0.00000264. The summed E-state index contributed by atoms with van der Waals surface area (Å²) in [5.74, 6) is -3.58. The van der Waals surface area contributed by atoms with Gasteiger partial charge in [-0.1, -0.05) is 18.2 Å². The lowest BCUT2D eigenvalue weighted by atomic mass is 9.98. The molecule has 5 N–H and O–H groups in total. The van der Waals surface area contributed by atoms with Crippen LogP contribution < -0.4 is 5.73 Å². The van der Waals surface area contributed by atoms with Gasteiger partial charge in [0, 0.05) is 19.5 Å². The van der Waals surface area contributed by atoms with E-state index in [1.807, 2.05) is 0 Å². The van der Waals surface area contributed by atoms with Crippen LogP contribution in [0.4, 0.5) is 0 Å². The summed E-state index contributed by atoms with van der Waals surface area (Å²) >= 11 is 0. The van der Waals surface area contributed by atoms with Crippen molar-refractivity contribution in [3.63, 3.8) is 0 Å². The fourth-order valence-corrected chi connectivity index (χ4v) is 2.66. The van der Waals surface area contributed by atoms with E-state index in [0.29, 0.717) is 5.56 Å². The Bertz CT molecular complexity index is 641. The van der Waals surface area contributed by atoms with E-state index in [1.54, 1.807) is 18.2 Å². The van der Waals surface area contributed by atoms with E-state index in [-0.39, 0.29) is 49.9 Å². The van der Waals surface area contributed by atoms with Gasteiger partial charge in [-0.25, -0.2) is 4.79 Å². The number of nitrogens with zero attached hydrogens (tertiary/aromatic N) is 1. The summed E-state index contributed by atoms with van der Waals surface area (Å²) in [7, 11) is 0. The maximum absolute atomic E-state index is 11.3. The van der Waals surface area contributed by atoms with Gasteiger partial charge in [-0.2, -0.15) is 0 Å². The fraction of sp³-hybridized carbons (Fsp3) is 0.357. The van der Waals surface area contributed by atoms with Crippen LogP contribution in [0.25, 0.3) is 0 Å². The van der Waals surface area contributed by atoms with E-state index in [1.165, 1.54) is 11.0 Å². The van der Waals surface area contributed by atoms with Crippen LogP contribution in [0, 0.1) is 0 Å². The second kappa shape index (κ2) is 8.29. The van der Waals surface area contributed by atoms with Gasteiger partial charge in [-0.05, 0) is 11.6 Å². The summed E-state index contributed by atoms with van der Waals surface area (Å²) in [6.45, 7) is -0.154. The highest BCUT2D eigenvalue weighted by atomic mass is 35.5. The normalized spacial score (nSPS) is 23.0. The van der Waals surface area contributed by atoms with E-state index in [2.05, 4.69) is 0 Å². The first-order chi connectivity index (χ1) is 10.2. The Labute approximate surface area is 150 Å². The molecule has 0 aliphatic carbocycles. The minimum Gasteiger partial charge on any atom is -0.480 e. The summed E-state index contributed by atoms with van der Waals surface area (Å²) in [5, 5.41) is 27.6. The first kappa shape index (κ1) is 22.1. The van der Waals surface area contributed by atoms with Gasteiger partial charge in [0.1, 0.15) is 11.6 Å². The van der Waals surface area contributed by atoms with Crippen molar-refractivity contribution in [2.45, 2.75) is 24.5 Å². The van der Waals surface area contributed by atoms with Crippen LogP contribution in [0.5, 0.6) is 0 Å². The Morgan fingerprint density at radius 2 is 1.75 bits per heavy atom. The maximum Gasteiger partial charge on any atom is 0.336 e. The lowest BCUT2D eigenvalue weighted by Gasteiger charge is -2.22. The molecule has 1 heterocycles. The zero-order valence-electron chi connectivity index (χ0n) is 12.4. The van der Waals surface area contributed by atoms with Crippen molar-refractivity contribution in [1.29, 1.82) is 0 Å². The van der Waals surface area contributed by atoms with E-state index in [0.717, 1.165) is 0 Å². The number of likely N-dealkylation sites (tertiary alicyclic amines) is 1. The Morgan fingerprint density at radius 1 is 1.17 bits per heavy atom. The first-order valence-corrected chi connectivity index (χ1v) is 6.55. The van der Waals surface area contributed by atoms with Crippen molar-refractivity contribution in [2.24, 2.45) is 5.73 Å². The number of carbonyl (C=O) groups is 3. The van der Waals surface area contributed by atoms with Gasteiger partial charge in [0.2, 0.25) is 0 Å². The molecule has 24 heavy (non-hydrogen) atoms. The fourth-order valence-electron chi connectivity index (χ4n) is 2.66. The van der Waals surface area contributed by atoms with Gasteiger partial charge in [-0.3, -0.25) is 14.5 Å². The Hall–Kier alpha value is -1.87. The third-order valence-electron chi connectivity index (χ3n) is 3.82. The number of nitrogens with two attached hydrogens (primary N) is 1. The molecular formula is C14H18Cl2N2O6. The molecule has 0 bridgehead atoms. The summed E-state index contributed by atoms with van der Waals surface area (Å²) in [5.41, 5.74) is 4.56. The molecule has 0 amide bonds. The predicted octanol–water partition coefficient (Wildman–Crippen LogP) is 0.669. The van der Waals surface area contributed by atoms with Gasteiger partial charge in [0.25, 0.3) is 0 Å². The number of aliphatic carboxylic acids is 2.